The van der Waals surface area contributed by atoms with Gasteiger partial charge in [-0.1, -0.05) is 30.3 Å². The number of methoxy groups -OCH3 is 1. The Morgan fingerprint density at radius 3 is 2.21 bits per heavy atom. The minimum absolute atomic E-state index is 0.0699. The Labute approximate surface area is 192 Å². The molecule has 0 fully saturated rings. The van der Waals surface area contributed by atoms with Gasteiger partial charge in [-0.15, -0.1) is 0 Å². The molecule has 0 bridgehead atoms. The van der Waals surface area contributed by atoms with Crippen molar-refractivity contribution in [1.29, 1.82) is 0 Å². The van der Waals surface area contributed by atoms with E-state index in [9.17, 15) is 14.4 Å². The Hall–Kier alpha value is -4.13. The first-order valence-electron chi connectivity index (χ1n) is 10.5. The molecule has 3 rings (SSSR count). The second-order valence-electron chi connectivity index (χ2n) is 7.40. The van der Waals surface area contributed by atoms with Crippen LogP contribution in [0.25, 0.3) is 0 Å². The Kier molecular flexibility index (Phi) is 8.18. The second-order valence-corrected chi connectivity index (χ2v) is 7.40. The predicted octanol–water partition coefficient (Wildman–Crippen LogP) is 4.12. The van der Waals surface area contributed by atoms with Crippen LogP contribution in [0.4, 0.5) is 5.69 Å². The van der Waals surface area contributed by atoms with E-state index in [2.05, 4.69) is 10.6 Å². The molecule has 33 heavy (non-hydrogen) atoms. The maximum Gasteiger partial charge on any atom is 0.308 e. The highest BCUT2D eigenvalue weighted by Gasteiger charge is 2.08. The lowest BCUT2D eigenvalue weighted by Crippen LogP contribution is -2.22. The first-order chi connectivity index (χ1) is 15.9. The summed E-state index contributed by atoms with van der Waals surface area (Å²) in [5.74, 6) is 0.317. The lowest BCUT2D eigenvalue weighted by Gasteiger charge is -2.09. The first-order valence-corrected chi connectivity index (χ1v) is 10.5. The normalized spacial score (nSPS) is 10.2. The molecule has 0 atom stereocenters. The topological polar surface area (TPSA) is 93.7 Å². The maximum atomic E-state index is 12.4. The van der Waals surface area contributed by atoms with Gasteiger partial charge in [0.15, 0.2) is 0 Å². The van der Waals surface area contributed by atoms with Crippen molar-refractivity contribution in [3.8, 4) is 11.5 Å². The van der Waals surface area contributed by atoms with Gasteiger partial charge in [0.25, 0.3) is 5.91 Å². The molecule has 0 heterocycles. The van der Waals surface area contributed by atoms with Crippen LogP contribution in [0.15, 0.2) is 72.8 Å². The number of hydrogen-bond donors (Lipinski definition) is 2. The van der Waals surface area contributed by atoms with Crippen LogP contribution in [0.5, 0.6) is 11.5 Å². The molecular weight excluding hydrogens is 420 g/mol. The van der Waals surface area contributed by atoms with E-state index in [1.807, 2.05) is 36.4 Å². The molecule has 0 unspecified atom stereocenters. The molecule has 7 nitrogen and oxygen atoms in total. The van der Waals surface area contributed by atoms with Crippen LogP contribution in [0.1, 0.15) is 34.8 Å². The minimum atomic E-state index is -0.444. The molecule has 0 radical (unpaired) electrons. The average molecular weight is 447 g/mol. The van der Waals surface area contributed by atoms with Crippen molar-refractivity contribution in [2.75, 3.05) is 12.4 Å². The molecule has 2 N–H and O–H groups in total. The van der Waals surface area contributed by atoms with Gasteiger partial charge in [0.05, 0.1) is 7.11 Å². The number of aryl methyl sites for hydroxylation is 1. The van der Waals surface area contributed by atoms with Crippen LogP contribution in [-0.2, 0) is 22.6 Å². The summed E-state index contributed by atoms with van der Waals surface area (Å²) in [4.78, 5) is 35.7. The van der Waals surface area contributed by atoms with Gasteiger partial charge in [-0.3, -0.25) is 14.4 Å². The summed E-state index contributed by atoms with van der Waals surface area (Å²) >= 11 is 0. The summed E-state index contributed by atoms with van der Waals surface area (Å²) in [5, 5.41) is 5.71. The van der Waals surface area contributed by atoms with Gasteiger partial charge in [-0.25, -0.2) is 0 Å². The molecular formula is C26H26N2O5. The van der Waals surface area contributed by atoms with E-state index in [0.717, 1.165) is 16.9 Å². The number of esters is 1. The number of ether oxygens (including phenoxy) is 2. The molecule has 0 aliphatic rings. The number of rotatable bonds is 9. The van der Waals surface area contributed by atoms with Gasteiger partial charge in [0.1, 0.15) is 11.5 Å². The van der Waals surface area contributed by atoms with Crippen LogP contribution in [0.2, 0.25) is 0 Å². The number of amides is 2. The van der Waals surface area contributed by atoms with Gasteiger partial charge in [-0.05, 0) is 60.0 Å². The van der Waals surface area contributed by atoms with E-state index in [0.29, 0.717) is 36.4 Å². The molecule has 7 heteroatoms. The molecule has 3 aromatic rings. The molecule has 0 spiro atoms. The SMILES string of the molecule is COc1ccc(CCC(=O)Nc2ccc(CNC(=O)c3cccc(OC(C)=O)c3)cc2)cc1. The molecule has 170 valence electrons. The summed E-state index contributed by atoms with van der Waals surface area (Å²) in [6, 6.07) is 21.4. The van der Waals surface area contributed by atoms with Crippen LogP contribution in [0, 0.1) is 0 Å². The fourth-order valence-corrected chi connectivity index (χ4v) is 3.13. The third-order valence-corrected chi connectivity index (χ3v) is 4.85. The molecule has 0 saturated heterocycles. The molecule has 0 aromatic heterocycles. The van der Waals surface area contributed by atoms with Crippen LogP contribution < -0.4 is 20.1 Å². The lowest BCUT2D eigenvalue weighted by molar-refractivity contribution is -0.131. The van der Waals surface area contributed by atoms with Gasteiger partial charge >= 0.3 is 5.97 Å². The van der Waals surface area contributed by atoms with Crippen molar-refractivity contribution >= 4 is 23.5 Å². The molecule has 0 aliphatic heterocycles. The van der Waals surface area contributed by atoms with Crippen molar-refractivity contribution in [3.05, 3.63) is 89.5 Å². The smallest absolute Gasteiger partial charge is 0.308 e. The molecule has 2 amide bonds. The highest BCUT2D eigenvalue weighted by atomic mass is 16.5. The summed E-state index contributed by atoms with van der Waals surface area (Å²) < 4.78 is 10.1. The average Bonchev–Trinajstić information content (AvgIpc) is 2.82. The van der Waals surface area contributed by atoms with E-state index in [1.54, 1.807) is 37.4 Å². The zero-order valence-electron chi connectivity index (χ0n) is 18.6. The summed E-state index contributed by atoms with van der Waals surface area (Å²) in [6.45, 7) is 1.63. The standard InChI is InChI=1S/C26H26N2O5/c1-18(29)33-24-5-3-4-21(16-24)26(31)27-17-20-6-11-22(12-7-20)28-25(30)15-10-19-8-13-23(32-2)14-9-19/h3-9,11-14,16H,10,15,17H2,1-2H3,(H,27,31)(H,28,30). The summed E-state index contributed by atoms with van der Waals surface area (Å²) in [7, 11) is 1.62. The van der Waals surface area contributed by atoms with Crippen molar-refractivity contribution < 1.29 is 23.9 Å². The molecule has 0 saturated carbocycles. The van der Waals surface area contributed by atoms with Crippen LogP contribution in [0.3, 0.4) is 0 Å². The highest BCUT2D eigenvalue weighted by molar-refractivity contribution is 5.94. The van der Waals surface area contributed by atoms with Gasteiger partial charge in [0.2, 0.25) is 5.91 Å². The summed E-state index contributed by atoms with van der Waals surface area (Å²) in [6.07, 6.45) is 1.01. The largest absolute Gasteiger partial charge is 0.497 e. The van der Waals surface area contributed by atoms with E-state index < -0.39 is 5.97 Å². The second kappa shape index (κ2) is 11.5. The lowest BCUT2D eigenvalue weighted by atomic mass is 10.1. The zero-order chi connectivity index (χ0) is 23.6. The van der Waals surface area contributed by atoms with Gasteiger partial charge in [0, 0.05) is 31.1 Å². The zero-order valence-corrected chi connectivity index (χ0v) is 18.6. The monoisotopic (exact) mass is 446 g/mol. The fourth-order valence-electron chi connectivity index (χ4n) is 3.13. The van der Waals surface area contributed by atoms with E-state index in [4.69, 9.17) is 9.47 Å². The van der Waals surface area contributed by atoms with Gasteiger partial charge < -0.3 is 20.1 Å². The number of hydrogen-bond acceptors (Lipinski definition) is 5. The van der Waals surface area contributed by atoms with Crippen LogP contribution in [-0.4, -0.2) is 24.9 Å². The summed E-state index contributed by atoms with van der Waals surface area (Å²) in [5.41, 5.74) is 3.04. The Morgan fingerprint density at radius 1 is 0.848 bits per heavy atom. The molecule has 3 aromatic carbocycles. The number of carbonyl (C=O) groups is 3. The Bertz CT molecular complexity index is 1110. The van der Waals surface area contributed by atoms with E-state index >= 15 is 0 Å². The van der Waals surface area contributed by atoms with Crippen molar-refractivity contribution in [2.24, 2.45) is 0 Å². The predicted molar refractivity (Wildman–Crippen MR) is 125 cm³/mol. The number of carbonyl (C=O) groups excluding carboxylic acids is 3. The molecule has 0 aliphatic carbocycles. The van der Waals surface area contributed by atoms with Crippen molar-refractivity contribution in [1.82, 2.24) is 5.32 Å². The highest BCUT2D eigenvalue weighted by Crippen LogP contribution is 2.15. The minimum Gasteiger partial charge on any atom is -0.497 e. The van der Waals surface area contributed by atoms with Gasteiger partial charge in [-0.2, -0.15) is 0 Å². The number of nitrogens with one attached hydrogen (secondary N) is 2. The third-order valence-electron chi connectivity index (χ3n) is 4.85. The Morgan fingerprint density at radius 2 is 1.55 bits per heavy atom. The maximum absolute atomic E-state index is 12.4. The third kappa shape index (κ3) is 7.50. The number of benzene rings is 3. The quantitative estimate of drug-likeness (QED) is 0.381. The van der Waals surface area contributed by atoms with Crippen molar-refractivity contribution in [2.45, 2.75) is 26.3 Å². The first kappa shape index (κ1) is 23.5. The van der Waals surface area contributed by atoms with Crippen LogP contribution >= 0.6 is 0 Å². The Balaban J connectivity index is 1.46. The van der Waals surface area contributed by atoms with Crippen molar-refractivity contribution in [3.63, 3.8) is 0 Å². The van der Waals surface area contributed by atoms with E-state index in [-0.39, 0.29) is 11.8 Å². The fraction of sp³-hybridized carbons (Fsp3) is 0.192. The van der Waals surface area contributed by atoms with E-state index in [1.165, 1.54) is 13.0 Å². The number of anilines is 1.